The van der Waals surface area contributed by atoms with Crippen molar-refractivity contribution in [3.63, 3.8) is 0 Å². The molecule has 14 heavy (non-hydrogen) atoms. The number of hydrogen-bond donors (Lipinski definition) is 3. The minimum atomic E-state index is -0.544. The fraction of sp³-hybridized carbons (Fsp3) is 0.778. The topological polar surface area (TPSA) is 98.2 Å². The molecule has 1 atom stereocenters. The Hall–Kier alpha value is -1.10. The summed E-state index contributed by atoms with van der Waals surface area (Å²) in [6.45, 7) is -0.126. The van der Waals surface area contributed by atoms with E-state index in [1.165, 1.54) is 0 Å². The Balaban J connectivity index is 2.31. The first-order valence-electron chi connectivity index (χ1n) is 4.93. The van der Waals surface area contributed by atoms with Gasteiger partial charge in [-0.2, -0.15) is 0 Å². The monoisotopic (exact) mass is 199 g/mol. The highest BCUT2D eigenvalue weighted by molar-refractivity contribution is 5.86. The van der Waals surface area contributed by atoms with Crippen molar-refractivity contribution in [3.05, 3.63) is 0 Å². The van der Waals surface area contributed by atoms with Crippen molar-refractivity contribution in [2.45, 2.75) is 31.7 Å². The van der Waals surface area contributed by atoms with E-state index in [4.69, 9.17) is 11.5 Å². The van der Waals surface area contributed by atoms with Gasteiger partial charge in [-0.15, -0.1) is 0 Å². The number of primary amides is 1. The molecule has 1 aliphatic carbocycles. The largest absolute Gasteiger partial charge is 0.368 e. The van der Waals surface area contributed by atoms with Gasteiger partial charge in [0, 0.05) is 0 Å². The molecule has 5 heteroatoms. The van der Waals surface area contributed by atoms with Crippen LogP contribution in [0.25, 0.3) is 0 Å². The lowest BCUT2D eigenvalue weighted by Gasteiger charge is -2.17. The summed E-state index contributed by atoms with van der Waals surface area (Å²) in [5, 5.41) is 2.42. The van der Waals surface area contributed by atoms with Crippen LogP contribution in [0.4, 0.5) is 0 Å². The summed E-state index contributed by atoms with van der Waals surface area (Å²) in [5.74, 6) is -0.546. The van der Waals surface area contributed by atoms with Gasteiger partial charge in [0.05, 0.1) is 12.6 Å². The van der Waals surface area contributed by atoms with E-state index < -0.39 is 11.9 Å². The minimum absolute atomic E-state index is 0.126. The lowest BCUT2D eigenvalue weighted by molar-refractivity contribution is -0.126. The van der Waals surface area contributed by atoms with Gasteiger partial charge in [0.1, 0.15) is 0 Å². The van der Waals surface area contributed by atoms with Crippen LogP contribution in [-0.2, 0) is 9.59 Å². The van der Waals surface area contributed by atoms with Gasteiger partial charge in [-0.05, 0) is 18.8 Å². The number of carbonyl (C=O) groups is 2. The summed E-state index contributed by atoms with van der Waals surface area (Å²) in [5.41, 5.74) is 10.6. The molecule has 1 unspecified atom stereocenters. The Bertz CT molecular complexity index is 224. The number of amides is 2. The molecule has 80 valence electrons. The second kappa shape index (κ2) is 4.95. The Morgan fingerprint density at radius 2 is 1.93 bits per heavy atom. The summed E-state index contributed by atoms with van der Waals surface area (Å²) >= 11 is 0. The maximum Gasteiger partial charge on any atom is 0.237 e. The highest BCUT2D eigenvalue weighted by Gasteiger charge is 2.27. The zero-order valence-corrected chi connectivity index (χ0v) is 8.16. The first kappa shape index (κ1) is 11.0. The predicted octanol–water partition coefficient (Wildman–Crippen LogP) is -0.895. The molecule has 0 saturated heterocycles. The predicted molar refractivity (Wildman–Crippen MR) is 52.1 cm³/mol. The van der Waals surface area contributed by atoms with Gasteiger partial charge in [0.2, 0.25) is 11.8 Å². The van der Waals surface area contributed by atoms with E-state index in [1.54, 1.807) is 0 Å². The second-order valence-electron chi connectivity index (χ2n) is 3.75. The normalized spacial score (nSPS) is 19.2. The van der Waals surface area contributed by atoms with Crippen molar-refractivity contribution in [1.29, 1.82) is 0 Å². The van der Waals surface area contributed by atoms with Crippen LogP contribution in [0.5, 0.6) is 0 Å². The van der Waals surface area contributed by atoms with Crippen LogP contribution in [0.15, 0.2) is 0 Å². The van der Waals surface area contributed by atoms with E-state index in [-0.39, 0.29) is 18.4 Å². The molecule has 0 spiro atoms. The van der Waals surface area contributed by atoms with E-state index in [2.05, 4.69) is 5.32 Å². The van der Waals surface area contributed by atoms with Crippen molar-refractivity contribution in [1.82, 2.24) is 5.32 Å². The molecule has 0 aliphatic heterocycles. The van der Waals surface area contributed by atoms with Gasteiger partial charge in [-0.25, -0.2) is 0 Å². The van der Waals surface area contributed by atoms with Crippen LogP contribution in [0.3, 0.4) is 0 Å². The Morgan fingerprint density at radius 1 is 1.36 bits per heavy atom. The van der Waals surface area contributed by atoms with E-state index >= 15 is 0 Å². The highest BCUT2D eigenvalue weighted by atomic mass is 16.2. The smallest absolute Gasteiger partial charge is 0.237 e. The zero-order chi connectivity index (χ0) is 10.6. The zero-order valence-electron chi connectivity index (χ0n) is 8.16. The van der Waals surface area contributed by atoms with Gasteiger partial charge in [-0.1, -0.05) is 12.8 Å². The number of nitrogens with two attached hydrogens (primary N) is 2. The van der Waals surface area contributed by atoms with Crippen LogP contribution in [-0.4, -0.2) is 24.4 Å². The molecule has 0 aromatic heterocycles. The molecule has 0 heterocycles. The molecule has 0 aromatic rings. The summed E-state index contributed by atoms with van der Waals surface area (Å²) in [6, 6.07) is -0.489. The molecule has 2 amide bonds. The maximum absolute atomic E-state index is 11.4. The molecule has 0 bridgehead atoms. The van der Waals surface area contributed by atoms with Gasteiger partial charge >= 0.3 is 0 Å². The fourth-order valence-corrected chi connectivity index (χ4v) is 1.82. The number of hydrogen-bond acceptors (Lipinski definition) is 3. The molecule has 1 fully saturated rings. The number of rotatable bonds is 4. The van der Waals surface area contributed by atoms with E-state index in [9.17, 15) is 9.59 Å². The van der Waals surface area contributed by atoms with Crippen molar-refractivity contribution in [2.24, 2.45) is 17.4 Å². The Labute approximate surface area is 83.2 Å². The minimum Gasteiger partial charge on any atom is -0.368 e. The van der Waals surface area contributed by atoms with Crippen molar-refractivity contribution >= 4 is 11.8 Å². The van der Waals surface area contributed by atoms with Crippen LogP contribution in [0.1, 0.15) is 25.7 Å². The summed E-state index contributed by atoms with van der Waals surface area (Å²) in [6.07, 6.45) is 4.29. The first-order valence-corrected chi connectivity index (χ1v) is 4.93. The van der Waals surface area contributed by atoms with E-state index in [0.29, 0.717) is 0 Å². The molecule has 1 aliphatic rings. The van der Waals surface area contributed by atoms with Crippen LogP contribution < -0.4 is 16.8 Å². The average molecular weight is 199 g/mol. The molecular formula is C9H17N3O2. The number of nitrogens with one attached hydrogen (secondary N) is 1. The summed E-state index contributed by atoms with van der Waals surface area (Å²) < 4.78 is 0. The van der Waals surface area contributed by atoms with Gasteiger partial charge in [0.25, 0.3) is 0 Å². The standard InChI is InChI=1S/C9H17N3O2/c10-7(13)5-12-9(14)8(11)6-3-1-2-4-6/h6,8H,1-5,11H2,(H2,10,13)(H,12,14). The average Bonchev–Trinajstić information content (AvgIpc) is 2.65. The third kappa shape index (κ3) is 2.99. The quantitative estimate of drug-likeness (QED) is 0.547. The van der Waals surface area contributed by atoms with Gasteiger partial charge in [-0.3, -0.25) is 9.59 Å². The van der Waals surface area contributed by atoms with Crippen molar-refractivity contribution in [3.8, 4) is 0 Å². The van der Waals surface area contributed by atoms with Crippen molar-refractivity contribution < 1.29 is 9.59 Å². The summed E-state index contributed by atoms with van der Waals surface area (Å²) in [4.78, 5) is 21.8. The highest BCUT2D eigenvalue weighted by Crippen LogP contribution is 2.26. The van der Waals surface area contributed by atoms with Crippen molar-refractivity contribution in [2.75, 3.05) is 6.54 Å². The van der Waals surface area contributed by atoms with E-state index in [1.807, 2.05) is 0 Å². The maximum atomic E-state index is 11.4. The van der Waals surface area contributed by atoms with E-state index in [0.717, 1.165) is 25.7 Å². The molecule has 5 N–H and O–H groups in total. The number of carbonyl (C=O) groups excluding carboxylic acids is 2. The van der Waals surface area contributed by atoms with Crippen LogP contribution >= 0.6 is 0 Å². The summed E-state index contributed by atoms with van der Waals surface area (Å²) in [7, 11) is 0. The molecular weight excluding hydrogens is 182 g/mol. The molecule has 5 nitrogen and oxygen atoms in total. The fourth-order valence-electron chi connectivity index (χ4n) is 1.82. The van der Waals surface area contributed by atoms with Crippen LogP contribution in [0.2, 0.25) is 0 Å². The SMILES string of the molecule is NC(=O)CNC(=O)C(N)C1CCCC1. The Kier molecular flexibility index (Phi) is 3.88. The third-order valence-corrected chi connectivity index (χ3v) is 2.65. The lowest BCUT2D eigenvalue weighted by atomic mass is 9.98. The lowest BCUT2D eigenvalue weighted by Crippen LogP contribution is -2.47. The molecule has 1 rings (SSSR count). The van der Waals surface area contributed by atoms with Gasteiger partial charge < -0.3 is 16.8 Å². The van der Waals surface area contributed by atoms with Crippen LogP contribution in [0, 0.1) is 5.92 Å². The molecule has 0 aromatic carbocycles. The Morgan fingerprint density at radius 3 is 2.43 bits per heavy atom. The van der Waals surface area contributed by atoms with Gasteiger partial charge in [0.15, 0.2) is 0 Å². The molecule has 1 saturated carbocycles. The molecule has 0 radical (unpaired) electrons. The first-order chi connectivity index (χ1) is 6.61. The third-order valence-electron chi connectivity index (χ3n) is 2.65. The second-order valence-corrected chi connectivity index (χ2v) is 3.75.